The molecule has 2 aromatic carbocycles. The van der Waals surface area contributed by atoms with E-state index in [-0.39, 0.29) is 11.8 Å². The minimum Gasteiger partial charge on any atom is -0.440 e. The molecule has 1 aromatic heterocycles. The molecule has 2 heterocycles. The van der Waals surface area contributed by atoms with Crippen LogP contribution in [0.15, 0.2) is 63.8 Å². The van der Waals surface area contributed by atoms with E-state index in [1.807, 2.05) is 35.7 Å². The van der Waals surface area contributed by atoms with Crippen LogP contribution in [0.25, 0.3) is 10.8 Å². The van der Waals surface area contributed by atoms with Crippen molar-refractivity contribution in [3.8, 4) is 11.8 Å². The lowest BCUT2D eigenvalue weighted by Crippen LogP contribution is -2.20. The lowest BCUT2D eigenvalue weighted by Gasteiger charge is -2.26. The fraction of sp³-hybridized carbons (Fsp3) is 0.0556. The van der Waals surface area contributed by atoms with Gasteiger partial charge in [0.25, 0.3) is 0 Å². The highest BCUT2D eigenvalue weighted by Crippen LogP contribution is 2.45. The zero-order valence-corrected chi connectivity index (χ0v) is 14.3. The van der Waals surface area contributed by atoms with E-state index in [0.29, 0.717) is 5.57 Å². The Balaban J connectivity index is 2.01. The van der Waals surface area contributed by atoms with Crippen LogP contribution in [0, 0.1) is 11.3 Å². The maximum atomic E-state index is 9.54. The van der Waals surface area contributed by atoms with Crippen LogP contribution in [0.3, 0.4) is 0 Å². The molecule has 0 amide bonds. The minimum absolute atomic E-state index is 0.174. The Morgan fingerprint density at radius 3 is 2.78 bits per heavy atom. The average Bonchev–Trinajstić information content (AvgIpc) is 3.06. The second-order valence-corrected chi connectivity index (χ2v) is 7.22. The van der Waals surface area contributed by atoms with Crippen LogP contribution in [0.5, 0.6) is 5.75 Å². The molecule has 0 fully saturated rings. The number of thiophene rings is 1. The predicted octanol–water partition coefficient (Wildman–Crippen LogP) is 4.88. The van der Waals surface area contributed by atoms with Gasteiger partial charge in [-0.15, -0.1) is 11.3 Å². The van der Waals surface area contributed by atoms with Gasteiger partial charge in [0, 0.05) is 14.9 Å². The number of benzene rings is 2. The van der Waals surface area contributed by atoms with Crippen LogP contribution in [0.4, 0.5) is 0 Å². The lowest BCUT2D eigenvalue weighted by molar-refractivity contribution is 0.395. The van der Waals surface area contributed by atoms with Crippen molar-refractivity contribution < 1.29 is 4.74 Å². The van der Waals surface area contributed by atoms with Gasteiger partial charge in [0.2, 0.25) is 5.88 Å². The van der Waals surface area contributed by atoms with Crippen LogP contribution in [0.2, 0.25) is 0 Å². The third-order valence-electron chi connectivity index (χ3n) is 3.96. The number of fused-ring (bicyclic) bond motifs is 2. The van der Waals surface area contributed by atoms with Crippen LogP contribution in [0.1, 0.15) is 16.4 Å². The zero-order chi connectivity index (χ0) is 16.0. The molecule has 3 aromatic rings. The quantitative estimate of drug-likeness (QED) is 0.652. The molecule has 0 radical (unpaired) electrons. The molecule has 0 aliphatic carbocycles. The number of nitrogens with zero attached hydrogens (tertiary/aromatic N) is 1. The molecular weight excluding hydrogens is 372 g/mol. The molecule has 1 aliphatic rings. The molecule has 112 valence electrons. The van der Waals surface area contributed by atoms with Crippen LogP contribution < -0.4 is 10.5 Å². The van der Waals surface area contributed by atoms with Gasteiger partial charge in [0.05, 0.1) is 5.92 Å². The van der Waals surface area contributed by atoms with Crippen molar-refractivity contribution >= 4 is 38.0 Å². The van der Waals surface area contributed by atoms with Crippen LogP contribution in [-0.2, 0) is 0 Å². The molecule has 1 aliphatic heterocycles. The summed E-state index contributed by atoms with van der Waals surface area (Å²) in [5, 5.41) is 13.7. The third-order valence-corrected chi connectivity index (χ3v) is 5.39. The van der Waals surface area contributed by atoms with Crippen molar-refractivity contribution in [1.29, 1.82) is 5.26 Å². The van der Waals surface area contributed by atoms with E-state index < -0.39 is 0 Å². The van der Waals surface area contributed by atoms with Crippen molar-refractivity contribution in [3.05, 3.63) is 74.2 Å². The number of nitriles is 1. The van der Waals surface area contributed by atoms with Gasteiger partial charge in [-0.3, -0.25) is 0 Å². The van der Waals surface area contributed by atoms with Gasteiger partial charge in [-0.05, 0) is 46.5 Å². The number of ether oxygens (including phenoxy) is 1. The molecule has 0 saturated carbocycles. The highest BCUT2D eigenvalue weighted by Gasteiger charge is 2.31. The van der Waals surface area contributed by atoms with Gasteiger partial charge in [-0.1, -0.05) is 28.1 Å². The molecule has 2 N–H and O–H groups in total. The van der Waals surface area contributed by atoms with Crippen molar-refractivity contribution in [2.45, 2.75) is 5.92 Å². The number of hydrogen-bond donors (Lipinski definition) is 1. The first kappa shape index (κ1) is 14.3. The molecule has 5 heteroatoms. The maximum absolute atomic E-state index is 9.54. The standard InChI is InChI=1S/C18H11BrN2OS/c19-12-4-3-10-8-15-13(7-11(10)6-12)17(16-2-1-5-23-16)14(9-20)18(21)22-15/h1-8,17H,21H2. The first-order chi connectivity index (χ1) is 11.2. The summed E-state index contributed by atoms with van der Waals surface area (Å²) in [7, 11) is 0. The van der Waals surface area contributed by atoms with Crippen LogP contribution >= 0.6 is 27.3 Å². The van der Waals surface area contributed by atoms with E-state index in [1.54, 1.807) is 11.3 Å². The van der Waals surface area contributed by atoms with Crippen LogP contribution in [-0.4, -0.2) is 0 Å². The normalized spacial score (nSPS) is 16.8. The van der Waals surface area contributed by atoms with Gasteiger partial charge in [0.1, 0.15) is 17.4 Å². The van der Waals surface area contributed by atoms with E-state index in [0.717, 1.165) is 31.4 Å². The topological polar surface area (TPSA) is 59.0 Å². The number of hydrogen-bond acceptors (Lipinski definition) is 4. The Hall–Kier alpha value is -2.29. The maximum Gasteiger partial charge on any atom is 0.205 e. The zero-order valence-electron chi connectivity index (χ0n) is 11.9. The Kier molecular flexibility index (Phi) is 3.37. The second kappa shape index (κ2) is 5.41. The average molecular weight is 383 g/mol. The molecule has 4 rings (SSSR count). The minimum atomic E-state index is -0.174. The summed E-state index contributed by atoms with van der Waals surface area (Å²) in [4.78, 5) is 1.09. The van der Waals surface area contributed by atoms with Gasteiger partial charge in [0.15, 0.2) is 0 Å². The van der Waals surface area contributed by atoms with Gasteiger partial charge in [-0.2, -0.15) is 5.26 Å². The number of nitrogens with two attached hydrogens (primary N) is 1. The second-order valence-electron chi connectivity index (χ2n) is 5.32. The predicted molar refractivity (Wildman–Crippen MR) is 95.3 cm³/mol. The molecule has 0 spiro atoms. The van der Waals surface area contributed by atoms with Crippen molar-refractivity contribution in [3.63, 3.8) is 0 Å². The van der Waals surface area contributed by atoms with E-state index in [9.17, 15) is 5.26 Å². The highest BCUT2D eigenvalue weighted by atomic mass is 79.9. The van der Waals surface area contributed by atoms with E-state index in [2.05, 4.69) is 34.1 Å². The number of halogens is 1. The summed E-state index contributed by atoms with van der Waals surface area (Å²) in [5.74, 6) is 0.733. The lowest BCUT2D eigenvalue weighted by atomic mass is 9.87. The Morgan fingerprint density at radius 1 is 1.17 bits per heavy atom. The molecule has 0 bridgehead atoms. The molecule has 1 unspecified atom stereocenters. The summed E-state index contributed by atoms with van der Waals surface area (Å²) in [5.41, 5.74) is 7.44. The highest BCUT2D eigenvalue weighted by molar-refractivity contribution is 9.10. The smallest absolute Gasteiger partial charge is 0.205 e. The molecular formula is C18H11BrN2OS. The Bertz CT molecular complexity index is 986. The first-order valence-corrected chi connectivity index (χ1v) is 8.69. The van der Waals surface area contributed by atoms with Crippen molar-refractivity contribution in [1.82, 2.24) is 0 Å². The largest absolute Gasteiger partial charge is 0.440 e. The fourth-order valence-corrected chi connectivity index (χ4v) is 4.15. The summed E-state index contributed by atoms with van der Waals surface area (Å²) in [6, 6.07) is 16.4. The van der Waals surface area contributed by atoms with Gasteiger partial charge < -0.3 is 10.5 Å². The number of rotatable bonds is 1. The van der Waals surface area contributed by atoms with Crippen molar-refractivity contribution in [2.75, 3.05) is 0 Å². The molecule has 0 saturated heterocycles. The SMILES string of the molecule is N#CC1=C(N)Oc2cc3ccc(Br)cc3cc2C1c1cccs1. The van der Waals surface area contributed by atoms with E-state index in [1.165, 1.54) is 0 Å². The summed E-state index contributed by atoms with van der Waals surface area (Å²) < 4.78 is 6.75. The third kappa shape index (κ3) is 2.31. The fourth-order valence-electron chi connectivity index (χ4n) is 2.92. The van der Waals surface area contributed by atoms with Crippen molar-refractivity contribution in [2.24, 2.45) is 5.73 Å². The Labute approximate surface area is 145 Å². The monoisotopic (exact) mass is 382 g/mol. The van der Waals surface area contributed by atoms with Gasteiger partial charge >= 0.3 is 0 Å². The molecule has 23 heavy (non-hydrogen) atoms. The molecule has 3 nitrogen and oxygen atoms in total. The van der Waals surface area contributed by atoms with E-state index >= 15 is 0 Å². The summed E-state index contributed by atoms with van der Waals surface area (Å²) >= 11 is 5.12. The summed E-state index contributed by atoms with van der Waals surface area (Å²) in [6.07, 6.45) is 0. The summed E-state index contributed by atoms with van der Waals surface area (Å²) in [6.45, 7) is 0. The molecule has 1 atom stereocenters. The Morgan fingerprint density at radius 2 is 2.04 bits per heavy atom. The van der Waals surface area contributed by atoms with Gasteiger partial charge in [-0.25, -0.2) is 0 Å². The number of allylic oxidation sites excluding steroid dienone is 1. The first-order valence-electron chi connectivity index (χ1n) is 7.01. The van der Waals surface area contributed by atoms with E-state index in [4.69, 9.17) is 10.5 Å².